The van der Waals surface area contributed by atoms with Crippen LogP contribution in [0.4, 0.5) is 0 Å². The van der Waals surface area contributed by atoms with Crippen molar-refractivity contribution in [2.75, 3.05) is 0 Å². The topological polar surface area (TPSA) is 94.0 Å². The third-order valence-electron chi connectivity index (χ3n) is 1.42. The Labute approximate surface area is 75.5 Å². The van der Waals surface area contributed by atoms with Gasteiger partial charge in [0, 0.05) is 5.41 Å². The SMILES string of the molecule is CC(C)(C)c1noc(C(=O)NN)n1. The van der Waals surface area contributed by atoms with Gasteiger partial charge in [-0.3, -0.25) is 10.2 Å². The van der Waals surface area contributed by atoms with Crippen LogP contribution in [0.15, 0.2) is 4.52 Å². The Hall–Kier alpha value is -1.43. The molecule has 0 aliphatic heterocycles. The zero-order valence-corrected chi connectivity index (χ0v) is 7.79. The van der Waals surface area contributed by atoms with E-state index in [1.54, 1.807) is 0 Å². The molecule has 1 rings (SSSR count). The van der Waals surface area contributed by atoms with Gasteiger partial charge in [-0.25, -0.2) is 5.84 Å². The fraction of sp³-hybridized carbons (Fsp3) is 0.571. The standard InChI is InChI=1S/C7H12N4O2/c1-7(2,3)6-9-5(13-11-6)4(12)10-8/h8H2,1-3H3,(H,10,12). The lowest BCUT2D eigenvalue weighted by atomic mass is 9.96. The molecule has 6 nitrogen and oxygen atoms in total. The lowest BCUT2D eigenvalue weighted by Gasteiger charge is -2.10. The smallest absolute Gasteiger partial charge is 0.323 e. The highest BCUT2D eigenvalue weighted by atomic mass is 16.5. The van der Waals surface area contributed by atoms with E-state index in [0.29, 0.717) is 5.82 Å². The number of hydrazine groups is 1. The third kappa shape index (κ3) is 2.03. The Bertz CT molecular complexity index is 313. The number of nitrogen functional groups attached to an aromatic ring is 1. The van der Waals surface area contributed by atoms with Crippen LogP contribution in [0.1, 0.15) is 37.3 Å². The van der Waals surface area contributed by atoms with Crippen LogP contribution in [-0.4, -0.2) is 16.0 Å². The fourth-order valence-electron chi connectivity index (χ4n) is 0.682. The fourth-order valence-corrected chi connectivity index (χ4v) is 0.682. The summed E-state index contributed by atoms with van der Waals surface area (Å²) in [4.78, 5) is 14.8. The number of nitrogens with zero attached hydrogens (tertiary/aromatic N) is 2. The molecule has 3 N–H and O–H groups in total. The second-order valence-corrected chi connectivity index (χ2v) is 3.65. The molecule has 0 aliphatic carbocycles. The monoisotopic (exact) mass is 184 g/mol. The molecule has 72 valence electrons. The summed E-state index contributed by atoms with van der Waals surface area (Å²) in [5.41, 5.74) is 1.67. The Morgan fingerprint density at radius 3 is 2.54 bits per heavy atom. The van der Waals surface area contributed by atoms with E-state index in [2.05, 4.69) is 10.1 Å². The van der Waals surface area contributed by atoms with Gasteiger partial charge in [0.25, 0.3) is 0 Å². The summed E-state index contributed by atoms with van der Waals surface area (Å²) < 4.78 is 4.69. The minimum atomic E-state index is -0.581. The normalized spacial score (nSPS) is 11.4. The molecule has 1 aromatic rings. The van der Waals surface area contributed by atoms with Gasteiger partial charge in [-0.1, -0.05) is 25.9 Å². The first kappa shape index (κ1) is 9.66. The van der Waals surface area contributed by atoms with Gasteiger partial charge in [0.2, 0.25) is 0 Å². The number of amides is 1. The van der Waals surface area contributed by atoms with Crippen molar-refractivity contribution in [3.8, 4) is 0 Å². The highest BCUT2D eigenvalue weighted by Gasteiger charge is 2.23. The summed E-state index contributed by atoms with van der Waals surface area (Å²) in [7, 11) is 0. The molecule has 0 atom stereocenters. The number of rotatable bonds is 1. The second kappa shape index (κ2) is 3.14. The van der Waals surface area contributed by atoms with E-state index in [9.17, 15) is 4.79 Å². The van der Waals surface area contributed by atoms with Crippen LogP contribution in [0.2, 0.25) is 0 Å². The van der Waals surface area contributed by atoms with Gasteiger partial charge >= 0.3 is 11.8 Å². The first-order chi connectivity index (χ1) is 5.95. The highest BCUT2D eigenvalue weighted by Crippen LogP contribution is 2.18. The molecule has 1 amide bonds. The number of carbonyl (C=O) groups excluding carboxylic acids is 1. The number of hydrogen-bond donors (Lipinski definition) is 2. The van der Waals surface area contributed by atoms with Gasteiger partial charge in [-0.05, 0) is 0 Å². The molecule has 6 heteroatoms. The van der Waals surface area contributed by atoms with E-state index in [1.165, 1.54) is 0 Å². The van der Waals surface area contributed by atoms with Crippen molar-refractivity contribution in [1.82, 2.24) is 15.6 Å². The van der Waals surface area contributed by atoms with E-state index >= 15 is 0 Å². The van der Waals surface area contributed by atoms with Crippen LogP contribution >= 0.6 is 0 Å². The summed E-state index contributed by atoms with van der Waals surface area (Å²) in [6.45, 7) is 5.76. The Kier molecular flexibility index (Phi) is 2.33. The molecule has 1 aromatic heterocycles. The van der Waals surface area contributed by atoms with Crippen molar-refractivity contribution in [3.63, 3.8) is 0 Å². The van der Waals surface area contributed by atoms with Gasteiger partial charge < -0.3 is 4.52 Å². The number of nitrogens with two attached hydrogens (primary N) is 1. The largest absolute Gasteiger partial charge is 0.328 e. The molecule has 0 saturated carbocycles. The van der Waals surface area contributed by atoms with Crippen molar-refractivity contribution in [2.24, 2.45) is 5.84 Å². The van der Waals surface area contributed by atoms with Crippen molar-refractivity contribution < 1.29 is 9.32 Å². The molecule has 13 heavy (non-hydrogen) atoms. The van der Waals surface area contributed by atoms with Crippen LogP contribution in [-0.2, 0) is 5.41 Å². The quantitative estimate of drug-likeness (QED) is 0.363. The van der Waals surface area contributed by atoms with Gasteiger partial charge in [0.05, 0.1) is 0 Å². The van der Waals surface area contributed by atoms with E-state index in [4.69, 9.17) is 10.4 Å². The molecule has 0 aromatic carbocycles. The zero-order valence-electron chi connectivity index (χ0n) is 7.79. The maximum Gasteiger partial charge on any atom is 0.323 e. The lowest BCUT2D eigenvalue weighted by Crippen LogP contribution is -2.30. The predicted molar refractivity (Wildman–Crippen MR) is 44.7 cm³/mol. The first-order valence-electron chi connectivity index (χ1n) is 3.80. The van der Waals surface area contributed by atoms with Crippen LogP contribution in [0, 0.1) is 0 Å². The second-order valence-electron chi connectivity index (χ2n) is 3.65. The van der Waals surface area contributed by atoms with Crippen LogP contribution < -0.4 is 11.3 Å². The minimum Gasteiger partial charge on any atom is -0.328 e. The predicted octanol–water partition coefficient (Wildman–Crippen LogP) is -0.0294. The van der Waals surface area contributed by atoms with E-state index < -0.39 is 5.91 Å². The van der Waals surface area contributed by atoms with Gasteiger partial charge in [-0.2, -0.15) is 4.98 Å². The Balaban J connectivity index is 2.93. The molecule has 1 heterocycles. The summed E-state index contributed by atoms with van der Waals surface area (Å²) >= 11 is 0. The van der Waals surface area contributed by atoms with Gasteiger partial charge in [-0.15, -0.1) is 0 Å². The number of aromatic nitrogens is 2. The minimum absolute atomic E-state index is 0.118. The average Bonchev–Trinajstić information content (AvgIpc) is 2.50. The zero-order chi connectivity index (χ0) is 10.1. The van der Waals surface area contributed by atoms with E-state index in [1.807, 2.05) is 26.2 Å². The first-order valence-corrected chi connectivity index (χ1v) is 3.80. The number of nitrogens with one attached hydrogen (secondary N) is 1. The average molecular weight is 184 g/mol. The molecular formula is C7H12N4O2. The summed E-state index contributed by atoms with van der Waals surface area (Å²) in [5, 5.41) is 3.65. The molecule has 0 saturated heterocycles. The Morgan fingerprint density at radius 2 is 2.15 bits per heavy atom. The lowest BCUT2D eigenvalue weighted by molar-refractivity contribution is 0.0910. The van der Waals surface area contributed by atoms with Crippen molar-refractivity contribution >= 4 is 5.91 Å². The van der Waals surface area contributed by atoms with Crippen LogP contribution in [0.5, 0.6) is 0 Å². The molecular weight excluding hydrogens is 172 g/mol. The Morgan fingerprint density at radius 1 is 1.54 bits per heavy atom. The van der Waals surface area contributed by atoms with E-state index in [-0.39, 0.29) is 11.3 Å². The van der Waals surface area contributed by atoms with E-state index in [0.717, 1.165) is 0 Å². The maximum atomic E-state index is 10.9. The summed E-state index contributed by atoms with van der Waals surface area (Å²) in [6, 6.07) is 0. The number of carbonyl (C=O) groups is 1. The molecule has 0 radical (unpaired) electrons. The van der Waals surface area contributed by atoms with Crippen LogP contribution in [0.25, 0.3) is 0 Å². The van der Waals surface area contributed by atoms with Crippen molar-refractivity contribution in [3.05, 3.63) is 11.7 Å². The maximum absolute atomic E-state index is 10.9. The molecule has 0 fully saturated rings. The molecule has 0 aliphatic rings. The van der Waals surface area contributed by atoms with Gasteiger partial charge in [0.15, 0.2) is 5.82 Å². The molecule has 0 unspecified atom stereocenters. The van der Waals surface area contributed by atoms with Gasteiger partial charge in [0.1, 0.15) is 0 Å². The summed E-state index contributed by atoms with van der Waals surface area (Å²) in [5.74, 6) is 4.67. The van der Waals surface area contributed by atoms with Crippen molar-refractivity contribution in [1.29, 1.82) is 0 Å². The number of hydrogen-bond acceptors (Lipinski definition) is 5. The molecule has 0 bridgehead atoms. The molecule has 0 spiro atoms. The van der Waals surface area contributed by atoms with Crippen molar-refractivity contribution in [2.45, 2.75) is 26.2 Å². The van der Waals surface area contributed by atoms with Crippen LogP contribution in [0.3, 0.4) is 0 Å². The summed E-state index contributed by atoms with van der Waals surface area (Å²) in [6.07, 6.45) is 0. The highest BCUT2D eigenvalue weighted by molar-refractivity contribution is 5.88. The third-order valence-corrected chi connectivity index (χ3v) is 1.42.